The summed E-state index contributed by atoms with van der Waals surface area (Å²) in [5.74, 6) is 0.491. The summed E-state index contributed by atoms with van der Waals surface area (Å²) in [6, 6.07) is 14.1. The number of piperidine rings is 1. The fourth-order valence-electron chi connectivity index (χ4n) is 3.71. The van der Waals surface area contributed by atoms with E-state index in [9.17, 15) is 8.42 Å². The van der Waals surface area contributed by atoms with Crippen LogP contribution < -0.4 is 5.32 Å². The van der Waals surface area contributed by atoms with E-state index >= 15 is 0 Å². The van der Waals surface area contributed by atoms with Gasteiger partial charge in [-0.15, -0.1) is 0 Å². The van der Waals surface area contributed by atoms with Crippen LogP contribution in [0.25, 0.3) is 10.9 Å². The first-order chi connectivity index (χ1) is 12.6. The summed E-state index contributed by atoms with van der Waals surface area (Å²) in [6.07, 6.45) is 4.06. The summed E-state index contributed by atoms with van der Waals surface area (Å²) < 4.78 is 28.5. The molecule has 3 aromatic rings. The van der Waals surface area contributed by atoms with Crippen molar-refractivity contribution in [1.82, 2.24) is 9.88 Å². The van der Waals surface area contributed by atoms with E-state index in [1.807, 2.05) is 18.2 Å². The Morgan fingerprint density at radius 2 is 1.92 bits per heavy atom. The number of fused-ring (bicyclic) bond motifs is 1. The Labute approximate surface area is 158 Å². The van der Waals surface area contributed by atoms with E-state index in [1.54, 1.807) is 36.5 Å². The van der Waals surface area contributed by atoms with Gasteiger partial charge in [-0.25, -0.2) is 8.42 Å². The Balaban J connectivity index is 1.85. The molecule has 4 rings (SSSR count). The van der Waals surface area contributed by atoms with E-state index in [4.69, 9.17) is 11.6 Å². The molecule has 136 valence electrons. The summed E-state index contributed by atoms with van der Waals surface area (Å²) in [4.78, 5) is 0.575. The van der Waals surface area contributed by atoms with Gasteiger partial charge in [-0.2, -0.15) is 0 Å². The first-order valence-corrected chi connectivity index (χ1v) is 10.7. The van der Waals surface area contributed by atoms with Gasteiger partial charge in [0.1, 0.15) is 0 Å². The highest BCUT2D eigenvalue weighted by Crippen LogP contribution is 2.35. The van der Waals surface area contributed by atoms with Gasteiger partial charge < -0.3 is 9.88 Å². The summed E-state index contributed by atoms with van der Waals surface area (Å²) in [6.45, 7) is 2.80. The van der Waals surface area contributed by atoms with Crippen LogP contribution in [0.15, 0.2) is 64.5 Å². The van der Waals surface area contributed by atoms with Crippen LogP contribution in [-0.4, -0.2) is 26.1 Å². The number of aromatic nitrogens is 1. The van der Waals surface area contributed by atoms with Gasteiger partial charge >= 0.3 is 0 Å². The van der Waals surface area contributed by atoms with E-state index in [2.05, 4.69) is 9.88 Å². The lowest BCUT2D eigenvalue weighted by atomic mass is 10.00. The maximum atomic E-state index is 13.2. The lowest BCUT2D eigenvalue weighted by molar-refractivity contribution is 0.340. The zero-order valence-electron chi connectivity index (χ0n) is 14.4. The third-order valence-electron chi connectivity index (χ3n) is 5.02. The van der Waals surface area contributed by atoms with Crippen LogP contribution in [0, 0.1) is 5.92 Å². The normalized spacial score (nSPS) is 18.3. The second-order valence-corrected chi connectivity index (χ2v) is 9.13. The minimum absolute atomic E-state index is 0.285. The smallest absolute Gasteiger partial charge is 0.208 e. The van der Waals surface area contributed by atoms with Crippen LogP contribution in [0.4, 0.5) is 0 Å². The lowest BCUT2D eigenvalue weighted by Gasteiger charge is -2.23. The van der Waals surface area contributed by atoms with Gasteiger partial charge in [0, 0.05) is 18.1 Å². The number of hydrogen-bond donors (Lipinski definition) is 1. The molecule has 0 amide bonds. The number of rotatable bonds is 4. The molecule has 1 atom stereocenters. The number of nitrogens with zero attached hydrogens (tertiary/aromatic N) is 1. The summed E-state index contributed by atoms with van der Waals surface area (Å²) >= 11 is 6.42. The highest BCUT2D eigenvalue weighted by atomic mass is 35.5. The molecule has 0 spiro atoms. The highest BCUT2D eigenvalue weighted by Gasteiger charge is 2.25. The van der Waals surface area contributed by atoms with Crippen molar-refractivity contribution in [3.8, 4) is 0 Å². The van der Waals surface area contributed by atoms with Crippen LogP contribution in [0.1, 0.15) is 12.8 Å². The Morgan fingerprint density at radius 1 is 1.12 bits per heavy atom. The highest BCUT2D eigenvalue weighted by molar-refractivity contribution is 7.91. The molecule has 0 saturated carbocycles. The first-order valence-electron chi connectivity index (χ1n) is 8.85. The molecule has 0 aliphatic carbocycles. The molecule has 26 heavy (non-hydrogen) atoms. The Kier molecular flexibility index (Phi) is 4.78. The van der Waals surface area contributed by atoms with Crippen molar-refractivity contribution in [2.75, 3.05) is 13.1 Å². The molecule has 1 fully saturated rings. The van der Waals surface area contributed by atoms with Crippen molar-refractivity contribution in [1.29, 1.82) is 0 Å². The molecule has 0 bridgehead atoms. The monoisotopic (exact) mass is 388 g/mol. The van der Waals surface area contributed by atoms with Crippen molar-refractivity contribution in [3.05, 3.63) is 59.8 Å². The molecule has 6 heteroatoms. The number of sulfone groups is 1. The summed E-state index contributed by atoms with van der Waals surface area (Å²) in [5.41, 5.74) is 0.873. The topological polar surface area (TPSA) is 51.1 Å². The van der Waals surface area contributed by atoms with E-state index in [-0.39, 0.29) is 4.90 Å². The van der Waals surface area contributed by atoms with E-state index in [1.165, 1.54) is 0 Å². The van der Waals surface area contributed by atoms with Gasteiger partial charge in [0.05, 0.1) is 20.3 Å². The molecule has 1 aliphatic heterocycles. The van der Waals surface area contributed by atoms with Crippen LogP contribution in [-0.2, 0) is 16.4 Å². The maximum absolute atomic E-state index is 13.2. The van der Waals surface area contributed by atoms with Gasteiger partial charge in [0.25, 0.3) is 0 Å². The molecule has 2 aromatic carbocycles. The fourth-order valence-corrected chi connectivity index (χ4v) is 5.56. The van der Waals surface area contributed by atoms with Crippen molar-refractivity contribution in [3.63, 3.8) is 0 Å². The third-order valence-corrected chi connectivity index (χ3v) is 7.11. The van der Waals surface area contributed by atoms with Gasteiger partial charge in [-0.1, -0.05) is 35.9 Å². The van der Waals surface area contributed by atoms with Crippen LogP contribution >= 0.6 is 11.6 Å². The zero-order chi connectivity index (χ0) is 18.1. The average molecular weight is 389 g/mol. The summed E-state index contributed by atoms with van der Waals surface area (Å²) in [5, 5.41) is 4.50. The second kappa shape index (κ2) is 7.06. The van der Waals surface area contributed by atoms with Crippen molar-refractivity contribution in [2.45, 2.75) is 29.2 Å². The predicted octanol–water partition coefficient (Wildman–Crippen LogP) is 4.13. The molecule has 1 aromatic heterocycles. The Morgan fingerprint density at radius 3 is 2.65 bits per heavy atom. The molecular weight excluding hydrogens is 368 g/mol. The largest absolute Gasteiger partial charge is 0.346 e. The quantitative estimate of drug-likeness (QED) is 0.731. The predicted molar refractivity (Wildman–Crippen MR) is 104 cm³/mol. The van der Waals surface area contributed by atoms with Crippen LogP contribution in [0.5, 0.6) is 0 Å². The molecule has 1 unspecified atom stereocenters. The molecule has 1 N–H and O–H groups in total. The zero-order valence-corrected chi connectivity index (χ0v) is 15.9. The number of halogens is 1. The number of hydrogen-bond acceptors (Lipinski definition) is 3. The molecule has 0 radical (unpaired) electrons. The third kappa shape index (κ3) is 3.15. The average Bonchev–Trinajstić information content (AvgIpc) is 3.04. The lowest BCUT2D eigenvalue weighted by Crippen LogP contribution is -2.32. The SMILES string of the molecule is O=S(=O)(c1ccccc1)c1cn(CC2CCCNC2)c2cccc(Cl)c12. The van der Waals surface area contributed by atoms with Crippen LogP contribution in [0.3, 0.4) is 0 Å². The van der Waals surface area contributed by atoms with Crippen molar-refractivity contribution >= 4 is 32.3 Å². The van der Waals surface area contributed by atoms with E-state index in [0.29, 0.717) is 21.2 Å². The van der Waals surface area contributed by atoms with Crippen molar-refractivity contribution < 1.29 is 8.42 Å². The minimum atomic E-state index is -3.63. The Hall–Kier alpha value is -1.82. The summed E-state index contributed by atoms with van der Waals surface area (Å²) in [7, 11) is -3.63. The van der Waals surface area contributed by atoms with Crippen LogP contribution in [0.2, 0.25) is 5.02 Å². The molecule has 4 nitrogen and oxygen atoms in total. The molecule has 2 heterocycles. The second-order valence-electron chi connectivity index (χ2n) is 6.81. The minimum Gasteiger partial charge on any atom is -0.346 e. The van der Waals surface area contributed by atoms with Gasteiger partial charge in [0.2, 0.25) is 9.84 Å². The van der Waals surface area contributed by atoms with Gasteiger partial charge in [0.15, 0.2) is 0 Å². The Bertz CT molecular complexity index is 1020. The molecular formula is C20H21ClN2O2S. The van der Waals surface area contributed by atoms with Gasteiger partial charge in [-0.05, 0) is 56.1 Å². The fraction of sp³-hybridized carbons (Fsp3) is 0.300. The standard InChI is InChI=1S/C20H21ClN2O2S/c21-17-9-4-10-18-20(17)19(26(24,25)16-7-2-1-3-8-16)14-23(18)13-15-6-5-11-22-12-15/h1-4,7-10,14-15,22H,5-6,11-13H2. The maximum Gasteiger partial charge on any atom is 0.208 e. The van der Waals surface area contributed by atoms with E-state index < -0.39 is 9.84 Å². The van der Waals surface area contributed by atoms with Gasteiger partial charge in [-0.3, -0.25) is 0 Å². The number of benzene rings is 2. The first kappa shape index (κ1) is 17.6. The van der Waals surface area contributed by atoms with Crippen molar-refractivity contribution in [2.24, 2.45) is 5.92 Å². The number of nitrogens with one attached hydrogen (secondary N) is 1. The molecule has 1 saturated heterocycles. The van der Waals surface area contributed by atoms with E-state index in [0.717, 1.165) is 38.0 Å². The molecule has 1 aliphatic rings.